The average Bonchev–Trinajstić information content (AvgIpc) is 2.96. The van der Waals surface area contributed by atoms with Crippen molar-refractivity contribution in [1.82, 2.24) is 10.2 Å². The number of amides is 1. The van der Waals surface area contributed by atoms with Crippen LogP contribution in [0, 0.1) is 0 Å². The van der Waals surface area contributed by atoms with Crippen LogP contribution < -0.4 is 11.1 Å². The Morgan fingerprint density at radius 3 is 3.05 bits per heavy atom. The number of morpholine rings is 1. The van der Waals surface area contributed by atoms with Gasteiger partial charge in [0.25, 0.3) is 0 Å². The average molecular weight is 281 g/mol. The number of ether oxygens (including phenoxy) is 1. The molecule has 6 nitrogen and oxygen atoms in total. The lowest BCUT2D eigenvalue weighted by atomic mass is 10.1. The third kappa shape index (κ3) is 3.82. The summed E-state index contributed by atoms with van der Waals surface area (Å²) in [6.07, 6.45) is 1.69. The zero-order chi connectivity index (χ0) is 14.5. The second-order valence-electron chi connectivity index (χ2n) is 5.23. The lowest BCUT2D eigenvalue weighted by Gasteiger charge is -2.39. The normalized spacial score (nSPS) is 25.4. The smallest absolute Gasteiger partial charge is 0.237 e. The van der Waals surface area contributed by atoms with E-state index in [0.717, 1.165) is 12.3 Å². The highest BCUT2D eigenvalue weighted by Crippen LogP contribution is 2.13. The van der Waals surface area contributed by atoms with Crippen LogP contribution in [0.2, 0.25) is 0 Å². The lowest BCUT2D eigenvalue weighted by molar-refractivity contribution is -0.132. The molecule has 3 atom stereocenters. The molecule has 0 aromatic carbocycles. The summed E-state index contributed by atoms with van der Waals surface area (Å²) in [5, 5.41) is 2.88. The molecule has 1 fully saturated rings. The van der Waals surface area contributed by atoms with Gasteiger partial charge >= 0.3 is 0 Å². The summed E-state index contributed by atoms with van der Waals surface area (Å²) in [7, 11) is 0. The Kier molecular flexibility index (Phi) is 5.17. The van der Waals surface area contributed by atoms with E-state index in [1.54, 1.807) is 12.3 Å². The van der Waals surface area contributed by atoms with Crippen LogP contribution in [0.3, 0.4) is 0 Å². The van der Waals surface area contributed by atoms with E-state index in [-0.39, 0.29) is 24.2 Å². The fraction of sp³-hybridized carbons (Fsp3) is 0.643. The van der Waals surface area contributed by atoms with Gasteiger partial charge < -0.3 is 20.2 Å². The Hall–Kier alpha value is -1.37. The van der Waals surface area contributed by atoms with Gasteiger partial charge in [0.1, 0.15) is 5.76 Å². The molecule has 1 aromatic rings. The van der Waals surface area contributed by atoms with Crippen LogP contribution >= 0.6 is 0 Å². The highest BCUT2D eigenvalue weighted by molar-refractivity contribution is 5.81. The van der Waals surface area contributed by atoms with Gasteiger partial charge in [0.2, 0.25) is 5.91 Å². The summed E-state index contributed by atoms with van der Waals surface area (Å²) in [6, 6.07) is 3.44. The third-order valence-corrected chi connectivity index (χ3v) is 3.56. The molecule has 0 spiro atoms. The number of nitrogens with one attached hydrogen (secondary N) is 1. The zero-order valence-corrected chi connectivity index (χ0v) is 12.0. The molecule has 1 amide bonds. The minimum Gasteiger partial charge on any atom is -0.467 e. The van der Waals surface area contributed by atoms with E-state index in [4.69, 9.17) is 14.9 Å². The molecule has 3 N–H and O–H groups in total. The van der Waals surface area contributed by atoms with E-state index in [1.807, 2.05) is 19.9 Å². The van der Waals surface area contributed by atoms with Crippen LogP contribution in [0.15, 0.2) is 22.8 Å². The molecule has 1 aromatic heterocycles. The number of rotatable bonds is 5. The standard InChI is InChI=1S/C14H23N3O3/c1-10-8-17(9-13(6-15)20-10)11(2)14(18)16-7-12-4-3-5-19-12/h3-5,10-11,13H,6-9,15H2,1-2H3,(H,16,18). The van der Waals surface area contributed by atoms with Crippen LogP contribution in [0.1, 0.15) is 19.6 Å². The zero-order valence-electron chi connectivity index (χ0n) is 12.0. The number of nitrogens with zero attached hydrogens (tertiary/aromatic N) is 1. The monoisotopic (exact) mass is 281 g/mol. The van der Waals surface area contributed by atoms with E-state index < -0.39 is 0 Å². The van der Waals surface area contributed by atoms with Gasteiger partial charge in [-0.3, -0.25) is 9.69 Å². The predicted octanol–water partition coefficient (Wildman–Crippen LogP) is 0.332. The van der Waals surface area contributed by atoms with Gasteiger partial charge in [-0.2, -0.15) is 0 Å². The number of nitrogens with two attached hydrogens (primary N) is 1. The summed E-state index contributed by atoms with van der Waals surface area (Å²) >= 11 is 0. The van der Waals surface area contributed by atoms with Gasteiger partial charge in [-0.25, -0.2) is 0 Å². The first kappa shape index (κ1) is 15.0. The number of carbonyl (C=O) groups excluding carboxylic acids is 1. The van der Waals surface area contributed by atoms with Crippen LogP contribution in [0.5, 0.6) is 0 Å². The number of hydrogen-bond acceptors (Lipinski definition) is 5. The van der Waals surface area contributed by atoms with Crippen molar-refractivity contribution in [3.63, 3.8) is 0 Å². The van der Waals surface area contributed by atoms with Crippen LogP contribution in [-0.4, -0.2) is 48.7 Å². The molecule has 0 bridgehead atoms. The first-order chi connectivity index (χ1) is 9.60. The summed E-state index contributed by atoms with van der Waals surface area (Å²) in [5.41, 5.74) is 5.66. The van der Waals surface area contributed by atoms with Crippen molar-refractivity contribution in [1.29, 1.82) is 0 Å². The van der Waals surface area contributed by atoms with Gasteiger partial charge in [-0.1, -0.05) is 0 Å². The maximum Gasteiger partial charge on any atom is 0.237 e. The molecule has 1 aliphatic heterocycles. The highest BCUT2D eigenvalue weighted by Gasteiger charge is 2.30. The number of carbonyl (C=O) groups is 1. The number of furan rings is 1. The first-order valence-corrected chi connectivity index (χ1v) is 6.99. The molecule has 2 heterocycles. The van der Waals surface area contributed by atoms with Crippen molar-refractivity contribution in [3.05, 3.63) is 24.2 Å². The van der Waals surface area contributed by atoms with Gasteiger partial charge in [0, 0.05) is 19.6 Å². The maximum absolute atomic E-state index is 12.2. The fourth-order valence-corrected chi connectivity index (χ4v) is 2.43. The minimum absolute atomic E-state index is 0.000858. The Bertz CT molecular complexity index is 421. The Balaban J connectivity index is 1.85. The van der Waals surface area contributed by atoms with Gasteiger partial charge in [0.15, 0.2) is 0 Å². The van der Waals surface area contributed by atoms with Crippen LogP contribution in [-0.2, 0) is 16.1 Å². The molecule has 0 saturated carbocycles. The topological polar surface area (TPSA) is 80.7 Å². The van der Waals surface area contributed by atoms with Crippen molar-refractivity contribution >= 4 is 5.91 Å². The SMILES string of the molecule is CC1CN(C(C)C(=O)NCc2ccco2)CC(CN)O1. The molecule has 112 valence electrons. The second kappa shape index (κ2) is 6.88. The molecule has 0 radical (unpaired) electrons. The molecular formula is C14H23N3O3. The largest absolute Gasteiger partial charge is 0.467 e. The third-order valence-electron chi connectivity index (χ3n) is 3.56. The van der Waals surface area contributed by atoms with Crippen molar-refractivity contribution in [2.75, 3.05) is 19.6 Å². The molecular weight excluding hydrogens is 258 g/mol. The summed E-state index contributed by atoms with van der Waals surface area (Å²) < 4.78 is 10.9. The van der Waals surface area contributed by atoms with Gasteiger partial charge in [-0.05, 0) is 26.0 Å². The van der Waals surface area contributed by atoms with Crippen LogP contribution in [0.25, 0.3) is 0 Å². The first-order valence-electron chi connectivity index (χ1n) is 6.99. The van der Waals surface area contributed by atoms with Crippen molar-refractivity contribution in [2.24, 2.45) is 5.73 Å². The fourth-order valence-electron chi connectivity index (χ4n) is 2.43. The van der Waals surface area contributed by atoms with Crippen molar-refractivity contribution < 1.29 is 13.9 Å². The quantitative estimate of drug-likeness (QED) is 0.813. The van der Waals surface area contributed by atoms with E-state index in [9.17, 15) is 4.79 Å². The summed E-state index contributed by atoms with van der Waals surface area (Å²) in [6.45, 7) is 6.23. The Morgan fingerprint density at radius 1 is 1.60 bits per heavy atom. The molecule has 6 heteroatoms. The van der Waals surface area contributed by atoms with Crippen molar-refractivity contribution in [3.8, 4) is 0 Å². The van der Waals surface area contributed by atoms with Crippen molar-refractivity contribution in [2.45, 2.75) is 38.6 Å². The molecule has 1 saturated heterocycles. The van der Waals surface area contributed by atoms with Gasteiger partial charge in [-0.15, -0.1) is 0 Å². The molecule has 1 aliphatic rings. The molecule has 3 unspecified atom stereocenters. The lowest BCUT2D eigenvalue weighted by Crippen LogP contribution is -2.55. The number of hydrogen-bond donors (Lipinski definition) is 2. The molecule has 20 heavy (non-hydrogen) atoms. The van der Waals surface area contributed by atoms with E-state index in [1.165, 1.54) is 0 Å². The summed E-state index contributed by atoms with van der Waals surface area (Å²) in [5.74, 6) is 0.743. The highest BCUT2D eigenvalue weighted by atomic mass is 16.5. The predicted molar refractivity (Wildman–Crippen MR) is 75.0 cm³/mol. The Labute approximate surface area is 119 Å². The Morgan fingerprint density at radius 2 is 2.40 bits per heavy atom. The van der Waals surface area contributed by atoms with Crippen LogP contribution in [0.4, 0.5) is 0 Å². The maximum atomic E-state index is 12.2. The van der Waals surface area contributed by atoms with E-state index in [2.05, 4.69) is 10.2 Å². The van der Waals surface area contributed by atoms with Gasteiger partial charge in [0.05, 0.1) is 31.1 Å². The minimum atomic E-state index is -0.203. The summed E-state index contributed by atoms with van der Waals surface area (Å²) in [4.78, 5) is 14.3. The van der Waals surface area contributed by atoms with E-state index in [0.29, 0.717) is 19.6 Å². The second-order valence-corrected chi connectivity index (χ2v) is 5.23. The molecule has 2 rings (SSSR count). The molecule has 0 aliphatic carbocycles. The van der Waals surface area contributed by atoms with E-state index >= 15 is 0 Å².